The van der Waals surface area contributed by atoms with E-state index in [4.69, 9.17) is 14.2 Å². The van der Waals surface area contributed by atoms with Gasteiger partial charge in [0, 0.05) is 24.7 Å². The Morgan fingerprint density at radius 3 is 2.35 bits per heavy atom. The zero-order valence-corrected chi connectivity index (χ0v) is 27.6. The van der Waals surface area contributed by atoms with E-state index in [1.54, 1.807) is 37.3 Å². The van der Waals surface area contributed by atoms with Crippen LogP contribution in [0.15, 0.2) is 60.9 Å². The van der Waals surface area contributed by atoms with Crippen molar-refractivity contribution in [3.8, 4) is 11.6 Å². The second kappa shape index (κ2) is 15.4. The van der Waals surface area contributed by atoms with Crippen LogP contribution in [0.4, 0.5) is 42.8 Å². The molecule has 0 aliphatic carbocycles. The van der Waals surface area contributed by atoms with E-state index in [-0.39, 0.29) is 59.9 Å². The van der Waals surface area contributed by atoms with Gasteiger partial charge < -0.3 is 24.6 Å². The minimum Gasteiger partial charge on any atom is -0.487 e. The van der Waals surface area contributed by atoms with Crippen molar-refractivity contribution < 1.29 is 50.5 Å². The van der Waals surface area contributed by atoms with Gasteiger partial charge in [-0.05, 0) is 61.7 Å². The zero-order chi connectivity index (χ0) is 36.9. The van der Waals surface area contributed by atoms with Crippen molar-refractivity contribution >= 4 is 17.7 Å². The van der Waals surface area contributed by atoms with Crippen LogP contribution in [0, 0.1) is 0 Å². The Balaban J connectivity index is 1.54. The van der Waals surface area contributed by atoms with Gasteiger partial charge in [0.1, 0.15) is 12.7 Å². The average molecular weight is 721 g/mol. The summed E-state index contributed by atoms with van der Waals surface area (Å²) in [5.41, 5.74) is -2.27. The summed E-state index contributed by atoms with van der Waals surface area (Å²) in [6, 6.07) is 8.39. The van der Waals surface area contributed by atoms with Gasteiger partial charge >= 0.3 is 18.4 Å². The van der Waals surface area contributed by atoms with Crippen LogP contribution in [0.5, 0.6) is 11.6 Å². The van der Waals surface area contributed by atoms with Crippen LogP contribution in [0.3, 0.4) is 0 Å². The molecule has 1 unspecified atom stereocenters. The molecule has 0 fully saturated rings. The third-order valence-corrected chi connectivity index (χ3v) is 8.06. The molecule has 272 valence electrons. The molecular weight excluding hydrogens is 686 g/mol. The molecule has 17 heteroatoms. The number of rotatable bonds is 11. The smallest absolute Gasteiger partial charge is 0.416 e. The normalized spacial score (nSPS) is 16.6. The fourth-order valence-electron chi connectivity index (χ4n) is 5.65. The van der Waals surface area contributed by atoms with E-state index in [0.717, 1.165) is 0 Å². The van der Waals surface area contributed by atoms with Gasteiger partial charge in [0.05, 0.1) is 59.9 Å². The Morgan fingerprint density at radius 2 is 1.75 bits per heavy atom. The van der Waals surface area contributed by atoms with E-state index in [0.29, 0.717) is 36.4 Å². The number of carbonyl (C=O) groups excluding carboxylic acids is 1. The van der Waals surface area contributed by atoms with Crippen molar-refractivity contribution in [3.05, 3.63) is 94.7 Å². The Kier molecular flexibility index (Phi) is 11.2. The van der Waals surface area contributed by atoms with Crippen LogP contribution < -0.4 is 19.7 Å². The Hall–Kier alpha value is -5.19. The lowest BCUT2D eigenvalue weighted by atomic mass is 9.93. The lowest BCUT2D eigenvalue weighted by Gasteiger charge is -2.39. The maximum Gasteiger partial charge on any atom is 0.416 e. The Bertz CT molecular complexity index is 1800. The van der Waals surface area contributed by atoms with Gasteiger partial charge in [0.25, 0.3) is 0 Å². The standard InChI is InChI=1S/C34H34F6N6O5/c1-4-22-16-25(30-26(9-10-29(45-30)49-3)46(22)32(48)50-5-2)44-31-42-17-28(51-18-27(47)23-8-6-7-11-41-23)24(43-31)14-19-12-20(33(35,36)37)15-21(13-19)34(38,39)40/h6-13,15,17,22,25,27,47H,4-5,14,16,18H2,1-3H3,(H,42,43,44)/t22-,25+,27?/m1/s1. The van der Waals surface area contributed by atoms with Gasteiger partial charge in [-0.2, -0.15) is 26.3 Å². The molecule has 5 rings (SSSR count). The molecule has 3 aromatic heterocycles. The molecular formula is C34H34F6N6O5. The number of pyridine rings is 2. The summed E-state index contributed by atoms with van der Waals surface area (Å²) in [5, 5.41) is 13.8. The molecule has 1 aliphatic heterocycles. The minimum absolute atomic E-state index is 0.0443. The molecule has 11 nitrogen and oxygen atoms in total. The minimum atomic E-state index is -5.06. The van der Waals surface area contributed by atoms with Crippen LogP contribution >= 0.6 is 0 Å². The Morgan fingerprint density at radius 1 is 1.02 bits per heavy atom. The van der Waals surface area contributed by atoms with E-state index in [2.05, 4.69) is 25.3 Å². The first-order chi connectivity index (χ1) is 24.2. The van der Waals surface area contributed by atoms with E-state index < -0.39 is 48.1 Å². The lowest BCUT2D eigenvalue weighted by Crippen LogP contribution is -2.46. The summed E-state index contributed by atoms with van der Waals surface area (Å²) >= 11 is 0. The second-order valence-corrected chi connectivity index (χ2v) is 11.5. The second-order valence-electron chi connectivity index (χ2n) is 11.5. The first kappa shape index (κ1) is 37.1. The monoisotopic (exact) mass is 720 g/mol. The molecule has 1 aliphatic rings. The van der Waals surface area contributed by atoms with E-state index >= 15 is 0 Å². The predicted octanol–water partition coefficient (Wildman–Crippen LogP) is 7.31. The van der Waals surface area contributed by atoms with Gasteiger partial charge in [-0.25, -0.2) is 19.7 Å². The number of aliphatic hydroxyl groups is 1. The number of alkyl halides is 6. The number of nitrogens with one attached hydrogen (secondary N) is 1. The molecule has 0 saturated heterocycles. The fourth-order valence-corrected chi connectivity index (χ4v) is 5.65. The van der Waals surface area contributed by atoms with Crippen molar-refractivity contribution in [2.45, 2.75) is 63.7 Å². The number of aliphatic hydroxyl groups excluding tert-OH is 1. The summed E-state index contributed by atoms with van der Waals surface area (Å²) in [6.45, 7) is 3.34. The third-order valence-electron chi connectivity index (χ3n) is 8.06. The first-order valence-corrected chi connectivity index (χ1v) is 15.8. The summed E-state index contributed by atoms with van der Waals surface area (Å²) in [5.74, 6) is 0.108. The number of amides is 1. The van der Waals surface area contributed by atoms with Crippen LogP contribution in [-0.2, 0) is 23.5 Å². The van der Waals surface area contributed by atoms with Gasteiger partial charge in [-0.1, -0.05) is 13.0 Å². The van der Waals surface area contributed by atoms with Crippen LogP contribution in [-0.4, -0.2) is 57.5 Å². The van der Waals surface area contributed by atoms with Crippen molar-refractivity contribution in [1.82, 2.24) is 19.9 Å². The van der Waals surface area contributed by atoms with Gasteiger partial charge in [0.15, 0.2) is 5.75 Å². The van der Waals surface area contributed by atoms with Gasteiger partial charge in [-0.3, -0.25) is 9.88 Å². The fraction of sp³-hybridized carbons (Fsp3) is 0.382. The molecule has 1 aromatic carbocycles. The van der Waals surface area contributed by atoms with E-state index in [1.165, 1.54) is 24.4 Å². The number of anilines is 2. The molecule has 2 N–H and O–H groups in total. The van der Waals surface area contributed by atoms with Gasteiger partial charge in [-0.15, -0.1) is 0 Å². The van der Waals surface area contributed by atoms with Crippen molar-refractivity contribution in [2.75, 3.05) is 30.5 Å². The van der Waals surface area contributed by atoms with Crippen LogP contribution in [0.25, 0.3) is 0 Å². The SMILES string of the molecule is CCOC(=O)N1c2ccc(OC)nc2[C@@H](Nc2ncc(OCC(O)c3ccccn3)c(Cc3cc(C(F)(F)F)cc(C(F)(F)F)c3)n2)C[C@H]1CC. The highest BCUT2D eigenvalue weighted by atomic mass is 19.4. The molecule has 0 saturated carbocycles. The molecule has 0 bridgehead atoms. The highest BCUT2D eigenvalue weighted by molar-refractivity contribution is 5.90. The van der Waals surface area contributed by atoms with E-state index in [1.807, 2.05) is 6.92 Å². The average Bonchev–Trinajstić information content (AvgIpc) is 3.10. The number of halogens is 6. The summed E-state index contributed by atoms with van der Waals surface area (Å²) in [7, 11) is 1.43. The molecule has 4 aromatic rings. The van der Waals surface area contributed by atoms with E-state index in [9.17, 15) is 36.2 Å². The van der Waals surface area contributed by atoms with Crippen LogP contribution in [0.2, 0.25) is 0 Å². The van der Waals surface area contributed by atoms with Crippen LogP contribution in [0.1, 0.15) is 72.6 Å². The zero-order valence-electron chi connectivity index (χ0n) is 27.6. The molecule has 0 radical (unpaired) electrons. The largest absolute Gasteiger partial charge is 0.487 e. The maximum absolute atomic E-state index is 13.7. The molecule has 4 heterocycles. The quantitative estimate of drug-likeness (QED) is 0.152. The number of hydrogen-bond acceptors (Lipinski definition) is 10. The highest BCUT2D eigenvalue weighted by Crippen LogP contribution is 2.41. The lowest BCUT2D eigenvalue weighted by molar-refractivity contribution is -0.143. The number of benzene rings is 1. The number of aromatic nitrogens is 4. The summed E-state index contributed by atoms with van der Waals surface area (Å²) < 4.78 is 98.6. The number of nitrogens with zero attached hydrogens (tertiary/aromatic N) is 5. The van der Waals surface area contributed by atoms with Crippen molar-refractivity contribution in [2.24, 2.45) is 0 Å². The topological polar surface area (TPSA) is 132 Å². The Labute approximate surface area is 288 Å². The maximum atomic E-state index is 13.7. The van der Waals surface area contributed by atoms with Gasteiger partial charge in [0.2, 0.25) is 11.8 Å². The highest BCUT2D eigenvalue weighted by Gasteiger charge is 2.39. The molecule has 1 amide bonds. The van der Waals surface area contributed by atoms with Crippen molar-refractivity contribution in [3.63, 3.8) is 0 Å². The number of hydrogen-bond donors (Lipinski definition) is 2. The molecule has 3 atom stereocenters. The number of fused-ring (bicyclic) bond motifs is 1. The predicted molar refractivity (Wildman–Crippen MR) is 171 cm³/mol. The number of methoxy groups -OCH3 is 1. The molecule has 0 spiro atoms. The summed E-state index contributed by atoms with van der Waals surface area (Å²) in [4.78, 5) is 31.9. The van der Waals surface area contributed by atoms with Crippen molar-refractivity contribution in [1.29, 1.82) is 0 Å². The third kappa shape index (κ3) is 8.76. The number of ether oxygens (including phenoxy) is 3. The first-order valence-electron chi connectivity index (χ1n) is 15.8. The molecule has 51 heavy (non-hydrogen) atoms. The summed E-state index contributed by atoms with van der Waals surface area (Å²) in [6.07, 6.45) is -8.94. The number of carbonyl (C=O) groups is 1.